The van der Waals surface area contributed by atoms with Crippen LogP contribution in [0.1, 0.15) is 38.2 Å². The molecule has 2 rings (SSSR count). The summed E-state index contributed by atoms with van der Waals surface area (Å²) in [6.07, 6.45) is 2.29. The maximum absolute atomic E-state index is 11.4. The van der Waals surface area contributed by atoms with Crippen molar-refractivity contribution >= 4 is 55.8 Å². The van der Waals surface area contributed by atoms with Gasteiger partial charge in [0.15, 0.2) is 6.61 Å². The Balaban J connectivity index is 0.00000154. The van der Waals surface area contributed by atoms with E-state index in [0.717, 1.165) is 12.3 Å². The first-order valence-electron chi connectivity index (χ1n) is 9.59. The smallest absolute Gasteiger partial charge is 0.652 e. The molecule has 1 aromatic rings. The van der Waals surface area contributed by atoms with Gasteiger partial charge in [-0.1, -0.05) is 18.6 Å². The van der Waals surface area contributed by atoms with Crippen LogP contribution >= 0.6 is 0 Å². The van der Waals surface area contributed by atoms with Gasteiger partial charge in [0, 0.05) is 20.0 Å². The van der Waals surface area contributed by atoms with Gasteiger partial charge in [-0.25, -0.2) is 0 Å². The summed E-state index contributed by atoms with van der Waals surface area (Å²) in [5, 5.41) is 19.4. The van der Waals surface area contributed by atoms with Crippen molar-refractivity contribution < 1.29 is 34.1 Å². The monoisotopic (exact) mass is 448 g/mol. The van der Waals surface area contributed by atoms with Crippen molar-refractivity contribution in [3.05, 3.63) is 29.8 Å². The number of nitrogens with one attached hydrogen (secondary N) is 1. The Labute approximate surface area is 206 Å². The largest absolute Gasteiger partial charge is 2.00 e. The summed E-state index contributed by atoms with van der Waals surface area (Å²) in [6, 6.07) is 8.21. The first kappa shape index (κ1) is 28.4. The minimum Gasteiger partial charge on any atom is -0.652 e. The van der Waals surface area contributed by atoms with E-state index in [1.165, 1.54) is 44.8 Å². The van der Waals surface area contributed by atoms with Crippen molar-refractivity contribution in [2.24, 2.45) is 0 Å². The maximum atomic E-state index is 11.4. The van der Waals surface area contributed by atoms with Gasteiger partial charge in [-0.3, -0.25) is 14.5 Å². The van der Waals surface area contributed by atoms with Crippen molar-refractivity contribution in [1.82, 2.24) is 10.2 Å². The Morgan fingerprint density at radius 3 is 2.43 bits per heavy atom. The average Bonchev–Trinajstić information content (AvgIpc) is 2.67. The maximum Gasteiger partial charge on any atom is 2.00 e. The molecule has 0 aliphatic carbocycles. The third-order valence-electron chi connectivity index (χ3n) is 4.07. The summed E-state index contributed by atoms with van der Waals surface area (Å²) < 4.78 is 10.4. The van der Waals surface area contributed by atoms with Crippen molar-refractivity contribution in [2.75, 3.05) is 32.8 Å². The molecule has 1 aliphatic heterocycles. The van der Waals surface area contributed by atoms with E-state index >= 15 is 0 Å². The van der Waals surface area contributed by atoms with E-state index < -0.39 is 12.1 Å². The van der Waals surface area contributed by atoms with Crippen LogP contribution in [-0.2, 0) is 20.9 Å². The molecule has 10 heteroatoms. The standard InChI is InChI=1S/C19H28N2O4.CH2O3.Ca/c1-16(22)25-15-19(23)20-9-6-12-24-18-8-5-7-17(13-18)14-21-10-3-2-4-11-21;2-1(3)4;/h5,7-8,13H,2-4,6,9-12,14-15H2,1H3,(H,20,23);(H2,2,3,4);/q;;+2/p-2. The van der Waals surface area contributed by atoms with E-state index in [-0.39, 0.29) is 50.3 Å². The first-order chi connectivity index (χ1) is 13.9. The van der Waals surface area contributed by atoms with Crippen LogP contribution in [-0.4, -0.2) is 93.5 Å². The summed E-state index contributed by atoms with van der Waals surface area (Å²) >= 11 is 0. The number of esters is 1. The van der Waals surface area contributed by atoms with Crippen LogP contribution in [0.5, 0.6) is 5.75 Å². The second-order valence-electron chi connectivity index (χ2n) is 6.57. The number of carbonyl (C=O) groups is 3. The zero-order valence-electron chi connectivity index (χ0n) is 17.4. The summed E-state index contributed by atoms with van der Waals surface area (Å²) in [7, 11) is 0. The third-order valence-corrected chi connectivity index (χ3v) is 4.07. The van der Waals surface area contributed by atoms with Crippen molar-refractivity contribution in [1.29, 1.82) is 0 Å². The third kappa shape index (κ3) is 15.3. The minimum absolute atomic E-state index is 0. The SMILES string of the molecule is CC(=O)OCC(=O)NCCCOc1cccc(CN2CCCCC2)c1.O=C([O-])[O-].[Ca+2]. The molecule has 0 bridgehead atoms. The van der Waals surface area contributed by atoms with Gasteiger partial charge in [0.2, 0.25) is 0 Å². The summed E-state index contributed by atoms with van der Waals surface area (Å²) in [5.74, 6) is 0.113. The summed E-state index contributed by atoms with van der Waals surface area (Å²) in [5.41, 5.74) is 1.27. The zero-order valence-corrected chi connectivity index (χ0v) is 19.6. The number of piperidine rings is 1. The molecule has 162 valence electrons. The Kier molecular flexibility index (Phi) is 16.3. The number of ether oxygens (including phenoxy) is 2. The second-order valence-corrected chi connectivity index (χ2v) is 6.57. The Hall–Kier alpha value is -1.55. The number of carbonyl (C=O) groups excluding carboxylic acids is 3. The molecular weight excluding hydrogens is 420 g/mol. The molecule has 30 heavy (non-hydrogen) atoms. The molecule has 1 amide bonds. The van der Waals surface area contributed by atoms with Crippen LogP contribution in [0.15, 0.2) is 24.3 Å². The topological polar surface area (TPSA) is 131 Å². The van der Waals surface area contributed by atoms with Gasteiger partial charge in [0.1, 0.15) is 5.75 Å². The Morgan fingerprint density at radius 1 is 1.13 bits per heavy atom. The zero-order chi connectivity index (χ0) is 21.5. The average molecular weight is 449 g/mol. The van der Waals surface area contributed by atoms with E-state index in [9.17, 15) is 9.59 Å². The number of rotatable bonds is 9. The Morgan fingerprint density at radius 2 is 1.80 bits per heavy atom. The number of amides is 1. The summed E-state index contributed by atoms with van der Waals surface area (Å²) in [6.45, 7) is 5.41. The van der Waals surface area contributed by atoms with Crippen LogP contribution in [0.2, 0.25) is 0 Å². The predicted octanol–water partition coefficient (Wildman–Crippen LogP) is -0.707. The number of carboxylic acid groups (broad SMARTS) is 2. The van der Waals surface area contributed by atoms with Crippen LogP contribution in [0, 0.1) is 0 Å². The molecule has 1 aromatic carbocycles. The number of hydrogen-bond donors (Lipinski definition) is 1. The molecule has 0 spiro atoms. The quantitative estimate of drug-likeness (QED) is 0.298. The molecular formula is C20H28CaN2O7. The minimum atomic E-state index is -2.33. The Bertz CT molecular complexity index is 648. The van der Waals surface area contributed by atoms with Crippen LogP contribution in [0.3, 0.4) is 0 Å². The van der Waals surface area contributed by atoms with Gasteiger partial charge in [-0.05, 0) is 56.2 Å². The molecule has 0 aromatic heterocycles. The van der Waals surface area contributed by atoms with Gasteiger partial charge in [0.25, 0.3) is 5.91 Å². The van der Waals surface area contributed by atoms with E-state index in [4.69, 9.17) is 19.7 Å². The summed E-state index contributed by atoms with van der Waals surface area (Å²) in [4.78, 5) is 32.8. The molecule has 1 heterocycles. The number of likely N-dealkylation sites (tertiary alicyclic amines) is 1. The fourth-order valence-corrected chi connectivity index (χ4v) is 2.82. The van der Waals surface area contributed by atoms with E-state index in [2.05, 4.69) is 27.1 Å². The van der Waals surface area contributed by atoms with Crippen LogP contribution in [0.4, 0.5) is 4.79 Å². The fraction of sp³-hybridized carbons (Fsp3) is 0.550. The van der Waals surface area contributed by atoms with Crippen LogP contribution in [0.25, 0.3) is 0 Å². The molecule has 1 N–H and O–H groups in total. The molecule has 1 aliphatic rings. The van der Waals surface area contributed by atoms with E-state index in [1.807, 2.05) is 12.1 Å². The molecule has 0 unspecified atom stereocenters. The molecule has 0 saturated carbocycles. The van der Waals surface area contributed by atoms with Gasteiger partial charge in [-0.15, -0.1) is 0 Å². The molecule has 9 nitrogen and oxygen atoms in total. The van der Waals surface area contributed by atoms with Gasteiger partial charge in [-0.2, -0.15) is 0 Å². The van der Waals surface area contributed by atoms with Gasteiger partial charge < -0.3 is 29.8 Å². The van der Waals surface area contributed by atoms with Gasteiger partial charge >= 0.3 is 43.7 Å². The number of benzene rings is 1. The number of hydrogen-bond acceptors (Lipinski definition) is 8. The number of nitrogens with zero attached hydrogens (tertiary/aromatic N) is 1. The second kappa shape index (κ2) is 17.2. The van der Waals surface area contributed by atoms with Crippen LogP contribution < -0.4 is 20.3 Å². The molecule has 1 saturated heterocycles. The molecule has 0 atom stereocenters. The van der Waals surface area contributed by atoms with E-state index in [0.29, 0.717) is 19.6 Å². The fourth-order valence-electron chi connectivity index (χ4n) is 2.82. The predicted molar refractivity (Wildman–Crippen MR) is 106 cm³/mol. The van der Waals surface area contributed by atoms with Gasteiger partial charge in [0.05, 0.1) is 6.61 Å². The normalized spacial score (nSPS) is 13.1. The van der Waals surface area contributed by atoms with Crippen molar-refractivity contribution in [3.63, 3.8) is 0 Å². The van der Waals surface area contributed by atoms with Crippen molar-refractivity contribution in [3.8, 4) is 5.75 Å². The molecule has 0 radical (unpaired) electrons. The first-order valence-corrected chi connectivity index (χ1v) is 9.59. The van der Waals surface area contributed by atoms with Crippen molar-refractivity contribution in [2.45, 2.75) is 39.2 Å². The van der Waals surface area contributed by atoms with E-state index in [1.54, 1.807) is 0 Å². The molecule has 1 fully saturated rings.